The zero-order chi connectivity index (χ0) is 15.3. The molecule has 0 saturated heterocycles. The Bertz CT molecular complexity index is 546. The van der Waals surface area contributed by atoms with Gasteiger partial charge >= 0.3 is 0 Å². The highest BCUT2D eigenvalue weighted by Crippen LogP contribution is 2.25. The minimum Gasteiger partial charge on any atom is -0.373 e. The normalized spacial score (nSPS) is 13.2. The second-order valence-corrected chi connectivity index (χ2v) is 7.89. The van der Waals surface area contributed by atoms with E-state index < -0.39 is 9.84 Å². The van der Waals surface area contributed by atoms with Crippen molar-refractivity contribution in [3.8, 4) is 0 Å². The Kier molecular flexibility index (Phi) is 6.30. The number of sulfone groups is 1. The number of hydrogen-bond acceptors (Lipinski definition) is 4. The molecular formula is C14H23ClN2O2S. The van der Waals surface area contributed by atoms with Gasteiger partial charge in [-0.2, -0.15) is 0 Å². The largest absolute Gasteiger partial charge is 0.373 e. The van der Waals surface area contributed by atoms with E-state index in [1.165, 1.54) is 6.26 Å². The highest BCUT2D eigenvalue weighted by Gasteiger charge is 2.13. The van der Waals surface area contributed by atoms with E-state index in [2.05, 4.69) is 0 Å². The first kappa shape index (κ1) is 17.3. The van der Waals surface area contributed by atoms with Crippen molar-refractivity contribution < 1.29 is 8.42 Å². The van der Waals surface area contributed by atoms with Crippen molar-refractivity contribution in [2.45, 2.75) is 25.8 Å². The fourth-order valence-electron chi connectivity index (χ4n) is 1.91. The maximum Gasteiger partial charge on any atom is 0.149 e. The van der Waals surface area contributed by atoms with Crippen LogP contribution in [-0.4, -0.2) is 40.1 Å². The standard InChI is InChI=1S/C14H23ClN2O2S/c1-4-13(16)9-11-5-6-12(15)10-14(11)17(2)7-8-20(3,18)19/h5-6,10,13H,4,7-9,16H2,1-3H3. The van der Waals surface area contributed by atoms with E-state index in [-0.39, 0.29) is 11.8 Å². The molecule has 6 heteroatoms. The van der Waals surface area contributed by atoms with Gasteiger partial charge in [0.2, 0.25) is 0 Å². The molecule has 0 saturated carbocycles. The minimum atomic E-state index is -2.98. The molecule has 0 aliphatic carbocycles. The molecule has 1 aromatic carbocycles. The molecule has 0 radical (unpaired) electrons. The van der Waals surface area contributed by atoms with E-state index >= 15 is 0 Å². The second kappa shape index (κ2) is 7.29. The summed E-state index contributed by atoms with van der Waals surface area (Å²) in [6, 6.07) is 5.76. The Morgan fingerprint density at radius 2 is 2.05 bits per heavy atom. The lowest BCUT2D eigenvalue weighted by Gasteiger charge is -2.23. The van der Waals surface area contributed by atoms with E-state index in [1.807, 2.05) is 37.1 Å². The highest BCUT2D eigenvalue weighted by molar-refractivity contribution is 7.90. The van der Waals surface area contributed by atoms with Crippen LogP contribution in [0.3, 0.4) is 0 Å². The van der Waals surface area contributed by atoms with Gasteiger partial charge in [0.25, 0.3) is 0 Å². The zero-order valence-electron chi connectivity index (χ0n) is 12.3. The van der Waals surface area contributed by atoms with Gasteiger partial charge in [-0.15, -0.1) is 0 Å². The monoisotopic (exact) mass is 318 g/mol. The lowest BCUT2D eigenvalue weighted by Crippen LogP contribution is -2.27. The maximum atomic E-state index is 11.3. The van der Waals surface area contributed by atoms with Gasteiger partial charge in [-0.1, -0.05) is 24.6 Å². The van der Waals surface area contributed by atoms with E-state index in [4.69, 9.17) is 17.3 Å². The molecule has 1 aromatic rings. The number of benzene rings is 1. The van der Waals surface area contributed by atoms with Crippen molar-refractivity contribution in [3.63, 3.8) is 0 Å². The number of nitrogens with zero attached hydrogens (tertiary/aromatic N) is 1. The van der Waals surface area contributed by atoms with Crippen LogP contribution in [0.1, 0.15) is 18.9 Å². The third-order valence-corrected chi connectivity index (χ3v) is 4.42. The Morgan fingerprint density at radius 1 is 1.40 bits per heavy atom. The Hall–Kier alpha value is -0.780. The van der Waals surface area contributed by atoms with Crippen LogP contribution >= 0.6 is 11.6 Å². The first-order valence-electron chi connectivity index (χ1n) is 6.65. The van der Waals surface area contributed by atoms with Gasteiger partial charge in [0, 0.05) is 36.6 Å². The number of halogens is 1. The summed E-state index contributed by atoms with van der Waals surface area (Å²) in [6.45, 7) is 2.49. The summed E-state index contributed by atoms with van der Waals surface area (Å²) in [7, 11) is -1.10. The van der Waals surface area contributed by atoms with E-state index in [1.54, 1.807) is 0 Å². The number of hydrogen-bond donors (Lipinski definition) is 1. The first-order chi connectivity index (χ1) is 9.23. The third-order valence-electron chi connectivity index (χ3n) is 3.26. The van der Waals surface area contributed by atoms with Gasteiger partial charge in [-0.3, -0.25) is 0 Å². The van der Waals surface area contributed by atoms with E-state index in [0.717, 1.165) is 24.1 Å². The number of rotatable bonds is 7. The predicted octanol–water partition coefficient (Wildman–Crippen LogP) is 2.10. The molecule has 2 N–H and O–H groups in total. The Balaban J connectivity index is 2.93. The van der Waals surface area contributed by atoms with Crippen molar-refractivity contribution in [1.82, 2.24) is 0 Å². The summed E-state index contributed by atoms with van der Waals surface area (Å²) < 4.78 is 22.5. The Morgan fingerprint density at radius 3 is 2.60 bits per heavy atom. The van der Waals surface area contributed by atoms with Gasteiger partial charge in [0.05, 0.1) is 5.75 Å². The van der Waals surface area contributed by atoms with Gasteiger partial charge in [-0.25, -0.2) is 8.42 Å². The van der Waals surface area contributed by atoms with Crippen LogP contribution < -0.4 is 10.6 Å². The topological polar surface area (TPSA) is 63.4 Å². The molecule has 1 rings (SSSR count). The first-order valence-corrected chi connectivity index (χ1v) is 9.09. The van der Waals surface area contributed by atoms with E-state index in [9.17, 15) is 8.42 Å². The van der Waals surface area contributed by atoms with Crippen molar-refractivity contribution in [1.29, 1.82) is 0 Å². The van der Waals surface area contributed by atoms with Crippen LogP contribution in [0.5, 0.6) is 0 Å². The lowest BCUT2D eigenvalue weighted by molar-refractivity contribution is 0.601. The molecule has 0 amide bonds. The molecule has 20 heavy (non-hydrogen) atoms. The molecular weight excluding hydrogens is 296 g/mol. The lowest BCUT2D eigenvalue weighted by atomic mass is 10.0. The molecule has 0 aromatic heterocycles. The van der Waals surface area contributed by atoms with Crippen LogP contribution in [0.15, 0.2) is 18.2 Å². The van der Waals surface area contributed by atoms with Crippen LogP contribution in [0, 0.1) is 0 Å². The van der Waals surface area contributed by atoms with Gasteiger partial charge < -0.3 is 10.6 Å². The zero-order valence-corrected chi connectivity index (χ0v) is 13.8. The predicted molar refractivity (Wildman–Crippen MR) is 86.4 cm³/mol. The smallest absolute Gasteiger partial charge is 0.149 e. The van der Waals surface area contributed by atoms with Crippen molar-refractivity contribution in [2.24, 2.45) is 5.73 Å². The van der Waals surface area contributed by atoms with Crippen LogP contribution in [0.2, 0.25) is 5.02 Å². The third kappa shape index (κ3) is 5.69. The van der Waals surface area contributed by atoms with Gasteiger partial charge in [0.15, 0.2) is 0 Å². The van der Waals surface area contributed by atoms with Crippen molar-refractivity contribution in [3.05, 3.63) is 28.8 Å². The van der Waals surface area contributed by atoms with Gasteiger partial charge in [0.1, 0.15) is 9.84 Å². The maximum absolute atomic E-state index is 11.3. The fraction of sp³-hybridized carbons (Fsp3) is 0.571. The molecule has 1 unspecified atom stereocenters. The fourth-order valence-corrected chi connectivity index (χ4v) is 2.69. The summed E-state index contributed by atoms with van der Waals surface area (Å²) in [5, 5.41) is 0.639. The van der Waals surface area contributed by atoms with Crippen LogP contribution in [0.25, 0.3) is 0 Å². The second-order valence-electron chi connectivity index (χ2n) is 5.20. The quantitative estimate of drug-likeness (QED) is 0.836. The molecule has 0 spiro atoms. The van der Waals surface area contributed by atoms with Crippen LogP contribution in [-0.2, 0) is 16.3 Å². The minimum absolute atomic E-state index is 0.0956. The number of anilines is 1. The highest BCUT2D eigenvalue weighted by atomic mass is 35.5. The summed E-state index contributed by atoms with van der Waals surface area (Å²) in [4.78, 5) is 1.92. The Labute approximate surface area is 126 Å². The summed E-state index contributed by atoms with van der Waals surface area (Å²) >= 11 is 6.05. The average molecular weight is 319 g/mol. The summed E-state index contributed by atoms with van der Waals surface area (Å²) in [5.74, 6) is 0.120. The van der Waals surface area contributed by atoms with E-state index in [0.29, 0.717) is 11.6 Å². The molecule has 1 atom stereocenters. The van der Waals surface area contributed by atoms with Gasteiger partial charge in [-0.05, 0) is 30.5 Å². The van der Waals surface area contributed by atoms with Crippen molar-refractivity contribution >= 4 is 27.1 Å². The van der Waals surface area contributed by atoms with Crippen molar-refractivity contribution in [2.75, 3.05) is 30.5 Å². The molecule has 114 valence electrons. The summed E-state index contributed by atoms with van der Waals surface area (Å²) in [6.07, 6.45) is 2.90. The number of nitrogens with two attached hydrogens (primary N) is 1. The summed E-state index contributed by atoms with van der Waals surface area (Å²) in [5.41, 5.74) is 8.05. The molecule has 0 fully saturated rings. The molecule has 0 aliphatic heterocycles. The average Bonchev–Trinajstić information content (AvgIpc) is 2.37. The molecule has 4 nitrogen and oxygen atoms in total. The SMILES string of the molecule is CCC(N)Cc1ccc(Cl)cc1N(C)CCS(C)(=O)=O. The molecule has 0 aliphatic rings. The molecule has 0 heterocycles. The van der Waals surface area contributed by atoms with Crippen LogP contribution in [0.4, 0.5) is 5.69 Å². The molecule has 0 bridgehead atoms.